The van der Waals surface area contributed by atoms with Crippen LogP contribution in [-0.2, 0) is 15.9 Å². The summed E-state index contributed by atoms with van der Waals surface area (Å²) < 4.78 is 17.3. The van der Waals surface area contributed by atoms with Crippen molar-refractivity contribution in [1.29, 1.82) is 0 Å². The second-order valence-corrected chi connectivity index (χ2v) is 9.48. The molecule has 8 nitrogen and oxygen atoms in total. The molecule has 2 aliphatic rings. The van der Waals surface area contributed by atoms with Crippen LogP contribution in [0, 0.1) is 5.92 Å². The van der Waals surface area contributed by atoms with Crippen LogP contribution in [0.25, 0.3) is 0 Å². The molecule has 5 atom stereocenters. The molecule has 0 amide bonds. The summed E-state index contributed by atoms with van der Waals surface area (Å²) in [4.78, 5) is 9.27. The molecule has 0 bridgehead atoms. The number of ether oxygens (including phenoxy) is 2. The minimum atomic E-state index is -0.151. The third-order valence-electron chi connectivity index (χ3n) is 6.62. The number of hydrogen-bond donors (Lipinski definition) is 3. The highest BCUT2D eigenvalue weighted by atomic mass is 16.5. The van der Waals surface area contributed by atoms with E-state index in [1.807, 2.05) is 27.7 Å². The van der Waals surface area contributed by atoms with Gasteiger partial charge in [-0.15, -0.1) is 0 Å². The van der Waals surface area contributed by atoms with Gasteiger partial charge in [0.1, 0.15) is 17.6 Å². The van der Waals surface area contributed by atoms with Crippen molar-refractivity contribution >= 4 is 11.7 Å². The molecule has 1 aromatic heterocycles. The Hall–Kier alpha value is -2.16. The largest absolute Gasteiger partial charge is 0.481 e. The van der Waals surface area contributed by atoms with E-state index in [1.54, 1.807) is 7.11 Å². The molecule has 0 spiro atoms. The molecule has 34 heavy (non-hydrogen) atoms. The number of rotatable bonds is 11. The van der Waals surface area contributed by atoms with Crippen LogP contribution in [0.3, 0.4) is 0 Å². The maximum atomic E-state index is 9.61. The number of methoxy groups -OCH3 is 1. The van der Waals surface area contributed by atoms with Gasteiger partial charge < -0.3 is 24.3 Å². The van der Waals surface area contributed by atoms with E-state index < -0.39 is 0 Å². The van der Waals surface area contributed by atoms with Crippen molar-refractivity contribution in [1.82, 2.24) is 10.6 Å². The maximum absolute atomic E-state index is 9.61. The van der Waals surface area contributed by atoms with Crippen molar-refractivity contribution in [3.63, 3.8) is 0 Å². The predicted molar refractivity (Wildman–Crippen MR) is 136 cm³/mol. The topological polar surface area (TPSA) is 101 Å². The molecule has 2 heterocycles. The van der Waals surface area contributed by atoms with E-state index in [4.69, 9.17) is 13.9 Å². The maximum Gasteiger partial charge on any atom is 0.188 e. The first-order chi connectivity index (χ1) is 16.4. The average Bonchev–Trinajstić information content (AvgIpc) is 3.41. The summed E-state index contributed by atoms with van der Waals surface area (Å²) in [6.07, 6.45) is 3.51. The van der Waals surface area contributed by atoms with Gasteiger partial charge >= 0.3 is 0 Å². The van der Waals surface area contributed by atoms with Gasteiger partial charge in [0, 0.05) is 25.3 Å². The number of aliphatic imine (C=N–C) groups is 2. The lowest BCUT2D eigenvalue weighted by molar-refractivity contribution is 0.208. The van der Waals surface area contributed by atoms with Crippen LogP contribution < -0.4 is 10.6 Å². The van der Waals surface area contributed by atoms with Crippen molar-refractivity contribution < 1.29 is 19.0 Å². The number of nitrogens with zero attached hydrogens (tertiary/aromatic N) is 2. The Balaban J connectivity index is 1.86. The fourth-order valence-corrected chi connectivity index (χ4v) is 4.98. The van der Waals surface area contributed by atoms with E-state index in [0.29, 0.717) is 38.1 Å². The van der Waals surface area contributed by atoms with E-state index in [9.17, 15) is 5.11 Å². The summed E-state index contributed by atoms with van der Waals surface area (Å²) in [7, 11) is 1.68. The monoisotopic (exact) mass is 474 g/mol. The van der Waals surface area contributed by atoms with Crippen LogP contribution in [0.5, 0.6) is 0 Å². The highest BCUT2D eigenvalue weighted by Crippen LogP contribution is 2.36. The Morgan fingerprint density at radius 1 is 1.38 bits per heavy atom. The standard InChI is InChI=1S/C26H42N4O4/c1-7-33-23-14-20-13-22(34-25(20)17(4)28-23)24(16(2)3)26(29-18(5)27-10-11-32-6)30-21-9-8-19(12-21)15-31/h13,17,19,21,24,26,30-31H,2,7-12,14-15H2,1,3-6H3,(H,27,29). The molecule has 1 aromatic rings. The van der Waals surface area contributed by atoms with E-state index in [0.717, 1.165) is 53.7 Å². The van der Waals surface area contributed by atoms with Crippen molar-refractivity contribution in [2.75, 3.05) is 33.5 Å². The van der Waals surface area contributed by atoms with Crippen molar-refractivity contribution in [3.8, 4) is 0 Å². The summed E-state index contributed by atoms with van der Waals surface area (Å²) in [6.45, 7) is 14.4. The number of nitrogens with one attached hydrogen (secondary N) is 2. The summed E-state index contributed by atoms with van der Waals surface area (Å²) in [5.41, 5.74) is 2.12. The highest BCUT2D eigenvalue weighted by Gasteiger charge is 2.34. The molecule has 1 aliphatic carbocycles. The number of amidine groups is 1. The molecule has 5 unspecified atom stereocenters. The smallest absolute Gasteiger partial charge is 0.188 e. The molecule has 8 heteroatoms. The molecular weight excluding hydrogens is 432 g/mol. The summed E-state index contributed by atoms with van der Waals surface area (Å²) in [5, 5.41) is 17.0. The average molecular weight is 475 g/mol. The molecule has 1 saturated carbocycles. The second-order valence-electron chi connectivity index (χ2n) is 9.48. The fourth-order valence-electron chi connectivity index (χ4n) is 4.98. The van der Waals surface area contributed by atoms with Gasteiger partial charge in [0.15, 0.2) is 5.90 Å². The minimum absolute atomic E-state index is 0.0818. The zero-order chi connectivity index (χ0) is 24.7. The molecule has 1 fully saturated rings. The molecule has 0 saturated heterocycles. The van der Waals surface area contributed by atoms with Gasteiger partial charge in [0.05, 0.1) is 44.1 Å². The number of fused-ring (bicyclic) bond motifs is 1. The third-order valence-corrected chi connectivity index (χ3v) is 6.62. The Kier molecular flexibility index (Phi) is 9.74. The van der Waals surface area contributed by atoms with Gasteiger partial charge in [-0.25, -0.2) is 4.99 Å². The number of aliphatic hydroxyl groups excluding tert-OH is 1. The second kappa shape index (κ2) is 12.5. The normalized spacial score (nSPS) is 24.4. The zero-order valence-electron chi connectivity index (χ0n) is 21.4. The fraction of sp³-hybridized carbons (Fsp3) is 0.692. The minimum Gasteiger partial charge on any atom is -0.481 e. The summed E-state index contributed by atoms with van der Waals surface area (Å²) in [5.74, 6) is 3.61. The molecule has 0 aromatic carbocycles. The predicted octanol–water partition coefficient (Wildman–Crippen LogP) is 3.72. The quantitative estimate of drug-likeness (QED) is 0.149. The molecular formula is C26H42N4O4. The van der Waals surface area contributed by atoms with Gasteiger partial charge in [-0.05, 0) is 58.9 Å². The molecule has 3 N–H and O–H groups in total. The molecule has 3 rings (SSSR count). The van der Waals surface area contributed by atoms with Crippen LogP contribution in [0.1, 0.15) is 76.0 Å². The van der Waals surface area contributed by atoms with E-state index in [2.05, 4.69) is 33.3 Å². The Labute approximate surface area is 203 Å². The lowest BCUT2D eigenvalue weighted by Gasteiger charge is -2.31. The zero-order valence-corrected chi connectivity index (χ0v) is 21.4. The molecule has 0 radical (unpaired) electrons. The van der Waals surface area contributed by atoms with Crippen molar-refractivity contribution in [3.05, 3.63) is 35.3 Å². The van der Waals surface area contributed by atoms with Crippen LogP contribution in [-0.4, -0.2) is 62.5 Å². The number of hydrogen-bond acceptors (Lipinski definition) is 7. The Morgan fingerprint density at radius 2 is 2.18 bits per heavy atom. The molecule has 1 aliphatic heterocycles. The van der Waals surface area contributed by atoms with Gasteiger partial charge in [0.25, 0.3) is 0 Å². The van der Waals surface area contributed by atoms with Crippen LogP contribution >= 0.6 is 0 Å². The summed E-state index contributed by atoms with van der Waals surface area (Å²) in [6, 6.07) is 2.36. The Morgan fingerprint density at radius 3 is 2.82 bits per heavy atom. The SMILES string of the molecule is C=C(C)C(c1cc2c(o1)C(C)N=C(OCC)C2)C(NC(C)=NCCOC)NC1CCC(CO)C1. The van der Waals surface area contributed by atoms with Crippen molar-refractivity contribution in [2.45, 2.75) is 77.5 Å². The van der Waals surface area contributed by atoms with Gasteiger partial charge in [0.2, 0.25) is 0 Å². The first-order valence-electron chi connectivity index (χ1n) is 12.5. The van der Waals surface area contributed by atoms with E-state index >= 15 is 0 Å². The third kappa shape index (κ3) is 6.71. The van der Waals surface area contributed by atoms with Crippen molar-refractivity contribution in [2.24, 2.45) is 15.9 Å². The van der Waals surface area contributed by atoms with E-state index in [1.165, 1.54) is 0 Å². The first-order valence-corrected chi connectivity index (χ1v) is 12.5. The lowest BCUT2D eigenvalue weighted by atomic mass is 9.93. The van der Waals surface area contributed by atoms with E-state index in [-0.39, 0.29) is 24.7 Å². The van der Waals surface area contributed by atoms with Gasteiger partial charge in [-0.1, -0.05) is 12.2 Å². The Bertz CT molecular complexity index is 878. The van der Waals surface area contributed by atoms with Crippen LogP contribution in [0.2, 0.25) is 0 Å². The highest BCUT2D eigenvalue weighted by molar-refractivity contribution is 5.81. The van der Waals surface area contributed by atoms with Crippen LogP contribution in [0.15, 0.2) is 32.6 Å². The number of furan rings is 1. The van der Waals surface area contributed by atoms with Crippen LogP contribution in [0.4, 0.5) is 0 Å². The lowest BCUT2D eigenvalue weighted by Crippen LogP contribution is -2.52. The van der Waals surface area contributed by atoms with Gasteiger partial charge in [-0.2, -0.15) is 0 Å². The van der Waals surface area contributed by atoms with Gasteiger partial charge in [-0.3, -0.25) is 10.3 Å². The number of aliphatic hydroxyl groups is 1. The first kappa shape index (κ1) is 26.4. The summed E-state index contributed by atoms with van der Waals surface area (Å²) >= 11 is 0. The molecule has 190 valence electrons.